The van der Waals surface area contributed by atoms with Gasteiger partial charge >= 0.3 is 0 Å². The minimum Gasteiger partial charge on any atom is -0.497 e. The van der Waals surface area contributed by atoms with Crippen LogP contribution < -0.4 is 15.0 Å². The van der Waals surface area contributed by atoms with E-state index in [1.807, 2.05) is 45.0 Å². The third kappa shape index (κ3) is 3.87. The van der Waals surface area contributed by atoms with Crippen molar-refractivity contribution in [3.63, 3.8) is 0 Å². The van der Waals surface area contributed by atoms with Gasteiger partial charge in [-0.25, -0.2) is 4.90 Å². The molecule has 2 amide bonds. The lowest BCUT2D eigenvalue weighted by molar-refractivity contribution is -0.120. The summed E-state index contributed by atoms with van der Waals surface area (Å²) in [5.41, 5.74) is 5.48. The van der Waals surface area contributed by atoms with Gasteiger partial charge < -0.3 is 10.1 Å². The lowest BCUT2D eigenvalue weighted by Crippen LogP contribution is -2.32. The first-order valence-electron chi connectivity index (χ1n) is 10.2. The summed E-state index contributed by atoms with van der Waals surface area (Å²) in [5.74, 6) is -0.148. The van der Waals surface area contributed by atoms with E-state index in [0.29, 0.717) is 33.3 Å². The molecule has 1 heterocycles. The summed E-state index contributed by atoms with van der Waals surface area (Å²) in [5, 5.41) is 3.81. The molecule has 6 heteroatoms. The van der Waals surface area contributed by atoms with Crippen molar-refractivity contribution in [1.82, 2.24) is 0 Å². The number of nitrogens with zero attached hydrogens (tertiary/aromatic N) is 1. The molecule has 5 nitrogen and oxygen atoms in total. The number of hydrogen-bond acceptors (Lipinski definition) is 4. The van der Waals surface area contributed by atoms with Gasteiger partial charge in [0.2, 0.25) is 0 Å². The molecule has 1 N–H and O–H groups in total. The number of hydrogen-bond donors (Lipinski definition) is 1. The van der Waals surface area contributed by atoms with Crippen LogP contribution in [0.15, 0.2) is 66.4 Å². The molecule has 0 aliphatic carbocycles. The maximum absolute atomic E-state index is 13.6. The number of amides is 2. The van der Waals surface area contributed by atoms with Crippen LogP contribution in [0.1, 0.15) is 22.3 Å². The standard InChI is InChI=1S/C26H23ClN2O3/c1-15-5-6-18(13-16(15)2)23-24(28-22-12-7-19(27)14-17(22)3)26(31)29(25(23)30)20-8-10-21(32-4)11-9-20/h5-14,28H,1-4H3. The van der Waals surface area contributed by atoms with Crippen molar-refractivity contribution in [2.24, 2.45) is 0 Å². The van der Waals surface area contributed by atoms with E-state index < -0.39 is 5.91 Å². The van der Waals surface area contributed by atoms with Gasteiger partial charge in [0.1, 0.15) is 11.4 Å². The Bertz CT molecular complexity index is 1260. The van der Waals surface area contributed by atoms with Crippen LogP contribution in [0.2, 0.25) is 5.02 Å². The smallest absolute Gasteiger partial charge is 0.282 e. The number of carbonyl (C=O) groups excluding carboxylic acids is 2. The average molecular weight is 447 g/mol. The lowest BCUT2D eigenvalue weighted by Gasteiger charge is -2.16. The van der Waals surface area contributed by atoms with Crippen molar-refractivity contribution in [1.29, 1.82) is 0 Å². The van der Waals surface area contributed by atoms with Crippen molar-refractivity contribution in [3.8, 4) is 5.75 Å². The molecule has 1 aliphatic rings. The molecule has 0 saturated carbocycles. The van der Waals surface area contributed by atoms with Crippen LogP contribution in [0, 0.1) is 20.8 Å². The summed E-state index contributed by atoms with van der Waals surface area (Å²) in [6, 6.07) is 18.0. The zero-order chi connectivity index (χ0) is 23.0. The zero-order valence-electron chi connectivity index (χ0n) is 18.3. The molecule has 32 heavy (non-hydrogen) atoms. The van der Waals surface area contributed by atoms with Crippen molar-refractivity contribution < 1.29 is 14.3 Å². The predicted octanol–water partition coefficient (Wildman–Crippen LogP) is 5.67. The molecule has 3 aromatic rings. The molecule has 0 bridgehead atoms. The maximum Gasteiger partial charge on any atom is 0.282 e. The number of anilines is 2. The fraction of sp³-hybridized carbons (Fsp3) is 0.154. The topological polar surface area (TPSA) is 58.6 Å². The van der Waals surface area contributed by atoms with Gasteiger partial charge in [0, 0.05) is 10.7 Å². The van der Waals surface area contributed by atoms with E-state index in [1.54, 1.807) is 43.5 Å². The number of aryl methyl sites for hydroxylation is 3. The van der Waals surface area contributed by atoms with E-state index >= 15 is 0 Å². The largest absolute Gasteiger partial charge is 0.497 e. The van der Waals surface area contributed by atoms with Gasteiger partial charge in [-0.2, -0.15) is 0 Å². The van der Waals surface area contributed by atoms with Gasteiger partial charge in [-0.3, -0.25) is 9.59 Å². The number of nitrogens with one attached hydrogen (secondary N) is 1. The number of halogens is 1. The quantitative estimate of drug-likeness (QED) is 0.513. The van der Waals surface area contributed by atoms with Gasteiger partial charge in [0.15, 0.2) is 0 Å². The van der Waals surface area contributed by atoms with Crippen molar-refractivity contribution in [2.75, 3.05) is 17.3 Å². The van der Waals surface area contributed by atoms with E-state index in [-0.39, 0.29) is 11.6 Å². The Balaban J connectivity index is 1.83. The number of rotatable bonds is 5. The van der Waals surface area contributed by atoms with Crippen LogP contribution in [0.5, 0.6) is 5.75 Å². The number of ether oxygens (including phenoxy) is 1. The summed E-state index contributed by atoms with van der Waals surface area (Å²) < 4.78 is 5.20. The third-order valence-corrected chi connectivity index (χ3v) is 5.89. The van der Waals surface area contributed by atoms with Crippen LogP contribution >= 0.6 is 11.6 Å². The first kappa shape index (κ1) is 21.7. The molecule has 0 aromatic heterocycles. The molecule has 0 atom stereocenters. The van der Waals surface area contributed by atoms with Crippen LogP contribution in [0.4, 0.5) is 11.4 Å². The number of imide groups is 1. The molecular weight excluding hydrogens is 424 g/mol. The average Bonchev–Trinajstić information content (AvgIpc) is 3.01. The minimum absolute atomic E-state index is 0.236. The summed E-state index contributed by atoms with van der Waals surface area (Å²) >= 11 is 6.09. The van der Waals surface area contributed by atoms with E-state index in [1.165, 1.54) is 4.90 Å². The molecule has 0 fully saturated rings. The number of benzene rings is 3. The Kier molecular flexibility index (Phi) is 5.76. The van der Waals surface area contributed by atoms with E-state index in [9.17, 15) is 9.59 Å². The molecule has 4 rings (SSSR count). The van der Waals surface area contributed by atoms with Crippen molar-refractivity contribution >= 4 is 40.4 Å². The van der Waals surface area contributed by atoms with Gasteiger partial charge in [-0.15, -0.1) is 0 Å². The number of methoxy groups -OCH3 is 1. The highest BCUT2D eigenvalue weighted by atomic mass is 35.5. The molecule has 162 valence electrons. The highest BCUT2D eigenvalue weighted by Gasteiger charge is 2.40. The highest BCUT2D eigenvalue weighted by molar-refractivity contribution is 6.46. The summed E-state index contributed by atoms with van der Waals surface area (Å²) in [7, 11) is 1.57. The summed E-state index contributed by atoms with van der Waals surface area (Å²) in [6.45, 7) is 5.89. The van der Waals surface area contributed by atoms with E-state index in [2.05, 4.69) is 5.32 Å². The maximum atomic E-state index is 13.6. The molecular formula is C26H23ClN2O3. The molecule has 0 saturated heterocycles. The minimum atomic E-state index is -0.414. The van der Waals surface area contributed by atoms with Crippen LogP contribution in [0.25, 0.3) is 5.57 Å². The van der Waals surface area contributed by atoms with Crippen LogP contribution in [-0.4, -0.2) is 18.9 Å². The Morgan fingerprint density at radius 3 is 2.16 bits per heavy atom. The first-order valence-corrected chi connectivity index (χ1v) is 10.6. The Morgan fingerprint density at radius 1 is 0.812 bits per heavy atom. The fourth-order valence-corrected chi connectivity index (χ4v) is 3.90. The zero-order valence-corrected chi connectivity index (χ0v) is 19.1. The monoisotopic (exact) mass is 446 g/mol. The summed E-state index contributed by atoms with van der Waals surface area (Å²) in [4.78, 5) is 28.3. The van der Waals surface area contributed by atoms with Crippen LogP contribution in [-0.2, 0) is 9.59 Å². The third-order valence-electron chi connectivity index (χ3n) is 5.66. The Labute approximate surface area is 192 Å². The lowest BCUT2D eigenvalue weighted by atomic mass is 9.99. The molecule has 1 aliphatic heterocycles. The second-order valence-corrected chi connectivity index (χ2v) is 8.21. The summed E-state index contributed by atoms with van der Waals surface area (Å²) in [6.07, 6.45) is 0. The van der Waals surface area contributed by atoms with Gasteiger partial charge in [-0.1, -0.05) is 29.8 Å². The predicted molar refractivity (Wildman–Crippen MR) is 128 cm³/mol. The molecule has 0 radical (unpaired) electrons. The Hall–Kier alpha value is -3.57. The second-order valence-electron chi connectivity index (χ2n) is 7.78. The van der Waals surface area contributed by atoms with Gasteiger partial charge in [0.05, 0.1) is 18.4 Å². The number of carbonyl (C=O) groups is 2. The Morgan fingerprint density at radius 2 is 1.53 bits per heavy atom. The van der Waals surface area contributed by atoms with E-state index in [4.69, 9.17) is 16.3 Å². The van der Waals surface area contributed by atoms with E-state index in [0.717, 1.165) is 16.7 Å². The van der Waals surface area contributed by atoms with Crippen molar-refractivity contribution in [2.45, 2.75) is 20.8 Å². The van der Waals surface area contributed by atoms with Gasteiger partial charge in [-0.05, 0) is 85.5 Å². The van der Waals surface area contributed by atoms with Crippen LogP contribution in [0.3, 0.4) is 0 Å². The van der Waals surface area contributed by atoms with Crippen molar-refractivity contribution in [3.05, 3.63) is 93.6 Å². The normalized spacial score (nSPS) is 13.7. The SMILES string of the molecule is COc1ccc(N2C(=O)C(Nc3ccc(Cl)cc3C)=C(c3ccc(C)c(C)c3)C2=O)cc1. The molecule has 3 aromatic carbocycles. The molecule has 0 unspecified atom stereocenters. The highest BCUT2D eigenvalue weighted by Crippen LogP contribution is 2.35. The first-order chi connectivity index (χ1) is 15.3. The van der Waals surface area contributed by atoms with Gasteiger partial charge in [0.25, 0.3) is 11.8 Å². The second kappa shape index (κ2) is 8.52. The fourth-order valence-electron chi connectivity index (χ4n) is 3.68. The molecule has 0 spiro atoms.